The fraction of sp³-hybridized carbons (Fsp3) is 0.882. The number of unbranched alkanes of at least 4 members (excludes halogenated alkanes) is 2. The number of rotatable bonds is 16. The topological polar surface area (TPSA) is 93.1 Å². The van der Waals surface area contributed by atoms with Crippen LogP contribution < -0.4 is 0 Å². The zero-order valence-corrected chi connectivity index (χ0v) is 14.5. The predicted molar refractivity (Wildman–Crippen MR) is 87.6 cm³/mol. The molecule has 0 aliphatic rings. The molecule has 0 aliphatic carbocycles. The van der Waals surface area contributed by atoms with Gasteiger partial charge in [0, 0.05) is 26.4 Å². The van der Waals surface area contributed by atoms with E-state index < -0.39 is 17.4 Å². The van der Waals surface area contributed by atoms with Gasteiger partial charge >= 0.3 is 11.9 Å². The molecule has 0 fully saturated rings. The number of hydrogen-bond donors (Lipinski definition) is 2. The molecule has 0 saturated carbocycles. The molecule has 0 aromatic heterocycles. The smallest absolute Gasteiger partial charge is 0.303 e. The van der Waals surface area contributed by atoms with Crippen LogP contribution in [0.25, 0.3) is 0 Å². The molecule has 23 heavy (non-hydrogen) atoms. The Hall–Kier alpha value is -1.14. The summed E-state index contributed by atoms with van der Waals surface area (Å²) in [5, 5.41) is 18.3. The van der Waals surface area contributed by atoms with Crippen LogP contribution in [-0.4, -0.2) is 48.6 Å². The second kappa shape index (κ2) is 13.3. The highest BCUT2D eigenvalue weighted by Crippen LogP contribution is 2.35. The van der Waals surface area contributed by atoms with Gasteiger partial charge in [0.25, 0.3) is 0 Å². The molecule has 0 spiro atoms. The molecule has 2 N–H and O–H groups in total. The largest absolute Gasteiger partial charge is 0.481 e. The third kappa shape index (κ3) is 12.0. The van der Waals surface area contributed by atoms with Crippen molar-refractivity contribution in [2.24, 2.45) is 5.41 Å². The molecule has 0 amide bonds. The molecule has 0 aromatic rings. The lowest BCUT2D eigenvalue weighted by Crippen LogP contribution is -2.31. The van der Waals surface area contributed by atoms with Crippen molar-refractivity contribution < 1.29 is 29.3 Å². The first kappa shape index (κ1) is 21.9. The molecular weight excluding hydrogens is 300 g/mol. The van der Waals surface area contributed by atoms with Crippen LogP contribution in [0.4, 0.5) is 0 Å². The van der Waals surface area contributed by atoms with Gasteiger partial charge in [0.05, 0.1) is 12.8 Å². The normalized spacial score (nSPS) is 11.6. The molecule has 0 bridgehead atoms. The van der Waals surface area contributed by atoms with Crippen molar-refractivity contribution in [2.45, 2.75) is 65.2 Å². The van der Waals surface area contributed by atoms with Crippen LogP contribution in [0.3, 0.4) is 0 Å². The molecule has 0 saturated heterocycles. The van der Waals surface area contributed by atoms with Crippen molar-refractivity contribution in [1.29, 1.82) is 0 Å². The SMILES string of the molecule is CCCCOCCC(CCOCCCC)(CC(=O)O)CC(=O)O. The molecule has 0 aliphatic heterocycles. The highest BCUT2D eigenvalue weighted by molar-refractivity contribution is 5.71. The van der Waals surface area contributed by atoms with E-state index in [1.165, 1.54) is 0 Å². The van der Waals surface area contributed by atoms with Gasteiger partial charge in [0.2, 0.25) is 0 Å². The maximum atomic E-state index is 11.2. The van der Waals surface area contributed by atoms with Gasteiger partial charge in [-0.05, 0) is 31.1 Å². The minimum Gasteiger partial charge on any atom is -0.481 e. The van der Waals surface area contributed by atoms with Gasteiger partial charge in [0.15, 0.2) is 0 Å². The van der Waals surface area contributed by atoms with Crippen LogP contribution in [0, 0.1) is 5.41 Å². The number of hydrogen-bond acceptors (Lipinski definition) is 4. The summed E-state index contributed by atoms with van der Waals surface area (Å²) in [5.41, 5.74) is -0.809. The summed E-state index contributed by atoms with van der Waals surface area (Å²) in [7, 11) is 0. The molecule has 6 heteroatoms. The summed E-state index contributed by atoms with van der Waals surface area (Å²) >= 11 is 0. The van der Waals surface area contributed by atoms with Crippen LogP contribution in [0.1, 0.15) is 65.2 Å². The summed E-state index contributed by atoms with van der Waals surface area (Å²) in [4.78, 5) is 22.4. The first-order valence-electron chi connectivity index (χ1n) is 8.55. The third-order valence-corrected chi connectivity index (χ3v) is 3.89. The monoisotopic (exact) mass is 332 g/mol. The van der Waals surface area contributed by atoms with Crippen LogP contribution >= 0.6 is 0 Å². The van der Waals surface area contributed by atoms with Crippen molar-refractivity contribution in [3.8, 4) is 0 Å². The highest BCUT2D eigenvalue weighted by atomic mass is 16.5. The standard InChI is InChI=1S/C17H32O6/c1-3-5-9-22-11-7-17(13-15(18)19,14-16(20)21)8-12-23-10-6-4-2/h3-14H2,1-2H3,(H,18,19)(H,20,21). The lowest BCUT2D eigenvalue weighted by Gasteiger charge is -2.31. The molecule has 6 nitrogen and oxygen atoms in total. The van der Waals surface area contributed by atoms with Crippen LogP contribution in [0.5, 0.6) is 0 Å². The quantitative estimate of drug-likeness (QED) is 0.421. The van der Waals surface area contributed by atoms with Gasteiger partial charge in [-0.3, -0.25) is 9.59 Å². The van der Waals surface area contributed by atoms with Crippen LogP contribution in [0.2, 0.25) is 0 Å². The molecule has 0 heterocycles. The van der Waals surface area contributed by atoms with E-state index in [1.54, 1.807) is 0 Å². The first-order chi connectivity index (χ1) is 11.0. The second-order valence-corrected chi connectivity index (χ2v) is 6.07. The molecule has 0 atom stereocenters. The van der Waals surface area contributed by atoms with E-state index in [2.05, 4.69) is 13.8 Å². The Morgan fingerprint density at radius 1 is 0.783 bits per heavy atom. The van der Waals surface area contributed by atoms with Gasteiger partial charge in [0.1, 0.15) is 0 Å². The highest BCUT2D eigenvalue weighted by Gasteiger charge is 2.35. The summed E-state index contributed by atoms with van der Waals surface area (Å²) in [6, 6.07) is 0. The van der Waals surface area contributed by atoms with Gasteiger partial charge in [-0.2, -0.15) is 0 Å². The van der Waals surface area contributed by atoms with Crippen LogP contribution in [0.15, 0.2) is 0 Å². The van der Waals surface area contributed by atoms with E-state index in [9.17, 15) is 9.59 Å². The van der Waals surface area contributed by atoms with E-state index in [0.717, 1.165) is 25.7 Å². The van der Waals surface area contributed by atoms with Crippen molar-refractivity contribution >= 4 is 11.9 Å². The predicted octanol–water partition coefficient (Wildman–Crippen LogP) is 3.34. The maximum Gasteiger partial charge on any atom is 0.303 e. The van der Waals surface area contributed by atoms with Gasteiger partial charge in [-0.1, -0.05) is 26.7 Å². The fourth-order valence-corrected chi connectivity index (χ4v) is 2.46. The number of aliphatic carboxylic acids is 2. The maximum absolute atomic E-state index is 11.2. The molecule has 0 aromatic carbocycles. The van der Waals surface area contributed by atoms with Crippen molar-refractivity contribution in [2.75, 3.05) is 26.4 Å². The summed E-state index contributed by atoms with van der Waals surface area (Å²) in [6.07, 6.45) is 4.46. The zero-order valence-electron chi connectivity index (χ0n) is 14.5. The Labute approximate surface area is 139 Å². The van der Waals surface area contributed by atoms with E-state index in [1.807, 2.05) is 0 Å². The van der Waals surface area contributed by atoms with Crippen LogP contribution in [-0.2, 0) is 19.1 Å². The number of ether oxygens (including phenoxy) is 2. The van der Waals surface area contributed by atoms with E-state index >= 15 is 0 Å². The molecule has 0 rings (SSSR count). The van der Waals surface area contributed by atoms with Crippen molar-refractivity contribution in [3.63, 3.8) is 0 Å². The van der Waals surface area contributed by atoms with Crippen molar-refractivity contribution in [1.82, 2.24) is 0 Å². The minimum absolute atomic E-state index is 0.173. The Morgan fingerprint density at radius 2 is 1.17 bits per heavy atom. The van der Waals surface area contributed by atoms with E-state index in [0.29, 0.717) is 39.3 Å². The lowest BCUT2D eigenvalue weighted by molar-refractivity contribution is -0.145. The van der Waals surface area contributed by atoms with Gasteiger partial charge in [-0.25, -0.2) is 0 Å². The second-order valence-electron chi connectivity index (χ2n) is 6.07. The summed E-state index contributed by atoms with van der Waals surface area (Å²) in [6.45, 7) is 6.15. The average molecular weight is 332 g/mol. The minimum atomic E-state index is -0.978. The molecular formula is C17H32O6. The average Bonchev–Trinajstić information content (AvgIpc) is 2.45. The Bertz CT molecular complexity index is 297. The van der Waals surface area contributed by atoms with Gasteiger partial charge < -0.3 is 19.7 Å². The number of carbonyl (C=O) groups is 2. The fourth-order valence-electron chi connectivity index (χ4n) is 2.46. The number of carboxylic acids is 2. The van der Waals surface area contributed by atoms with E-state index in [4.69, 9.17) is 19.7 Å². The summed E-state index contributed by atoms with van der Waals surface area (Å²) in [5.74, 6) is -1.96. The first-order valence-corrected chi connectivity index (χ1v) is 8.55. The van der Waals surface area contributed by atoms with E-state index in [-0.39, 0.29) is 12.8 Å². The Balaban J connectivity index is 4.60. The summed E-state index contributed by atoms with van der Waals surface area (Å²) < 4.78 is 11.0. The van der Waals surface area contributed by atoms with Gasteiger partial charge in [-0.15, -0.1) is 0 Å². The molecule has 136 valence electrons. The molecule has 0 radical (unpaired) electrons. The zero-order chi connectivity index (χ0) is 17.6. The Morgan fingerprint density at radius 3 is 1.48 bits per heavy atom. The third-order valence-electron chi connectivity index (χ3n) is 3.89. The Kier molecular flexibility index (Phi) is 12.7. The van der Waals surface area contributed by atoms with Crippen molar-refractivity contribution in [3.05, 3.63) is 0 Å². The number of carboxylic acid groups (broad SMARTS) is 2. The lowest BCUT2D eigenvalue weighted by atomic mass is 9.75. The molecule has 0 unspecified atom stereocenters.